The largest absolute Gasteiger partial charge is 0.274 e. The molecule has 0 saturated heterocycles. The Labute approximate surface area is 122 Å². The van der Waals surface area contributed by atoms with Crippen molar-refractivity contribution in [1.29, 1.82) is 5.26 Å². The number of fused-ring (bicyclic) bond motifs is 1. The van der Waals surface area contributed by atoms with Gasteiger partial charge in [-0.25, -0.2) is 0 Å². The van der Waals surface area contributed by atoms with Crippen LogP contribution in [0.3, 0.4) is 0 Å². The molecule has 2 aromatic carbocycles. The summed E-state index contributed by atoms with van der Waals surface area (Å²) in [6.45, 7) is 0.345. The summed E-state index contributed by atoms with van der Waals surface area (Å²) < 4.78 is 0. The van der Waals surface area contributed by atoms with E-state index in [0.29, 0.717) is 29.7 Å². The predicted molar refractivity (Wildman–Crippen MR) is 76.7 cm³/mol. The second-order valence-electron chi connectivity index (χ2n) is 4.87. The van der Waals surface area contributed by atoms with E-state index in [0.717, 1.165) is 5.56 Å². The van der Waals surface area contributed by atoms with Gasteiger partial charge >= 0.3 is 0 Å². The number of carbonyl (C=O) groups is 2. The zero-order chi connectivity index (χ0) is 14.8. The molecule has 0 N–H and O–H groups in total. The lowest BCUT2D eigenvalue weighted by molar-refractivity contribution is 0.0656. The standard InChI is InChI=1S/C17H12N2O2/c18-11-13-7-5-12(6-8-13)9-10-19-16(20)14-3-1-2-4-15(14)17(19)21/h1-8H,9-10H2. The van der Waals surface area contributed by atoms with Crippen LogP contribution in [-0.2, 0) is 6.42 Å². The van der Waals surface area contributed by atoms with Crippen molar-refractivity contribution in [3.05, 3.63) is 70.8 Å². The van der Waals surface area contributed by atoms with Crippen LogP contribution in [0.4, 0.5) is 0 Å². The van der Waals surface area contributed by atoms with Crippen molar-refractivity contribution in [1.82, 2.24) is 4.90 Å². The highest BCUT2D eigenvalue weighted by Crippen LogP contribution is 2.22. The number of nitrogens with zero attached hydrogens (tertiary/aromatic N) is 2. The molecule has 0 fully saturated rings. The fraction of sp³-hybridized carbons (Fsp3) is 0.118. The van der Waals surface area contributed by atoms with Crippen molar-refractivity contribution in [2.75, 3.05) is 6.54 Å². The molecule has 0 saturated carbocycles. The topological polar surface area (TPSA) is 61.2 Å². The molecule has 1 heterocycles. The first-order chi connectivity index (χ1) is 10.2. The molecule has 0 bridgehead atoms. The Morgan fingerprint density at radius 1 is 0.905 bits per heavy atom. The first-order valence-corrected chi connectivity index (χ1v) is 6.65. The molecule has 0 aliphatic carbocycles. The lowest BCUT2D eigenvalue weighted by Gasteiger charge is -2.13. The fourth-order valence-corrected chi connectivity index (χ4v) is 2.43. The van der Waals surface area contributed by atoms with Gasteiger partial charge in [-0.15, -0.1) is 0 Å². The first-order valence-electron chi connectivity index (χ1n) is 6.65. The lowest BCUT2D eigenvalue weighted by Crippen LogP contribution is -2.31. The number of nitriles is 1. The summed E-state index contributed by atoms with van der Waals surface area (Å²) in [4.78, 5) is 25.7. The Morgan fingerprint density at radius 3 is 2.00 bits per heavy atom. The third kappa shape index (κ3) is 2.30. The van der Waals surface area contributed by atoms with Gasteiger partial charge in [-0.05, 0) is 36.2 Å². The first kappa shape index (κ1) is 13.1. The molecule has 1 aliphatic rings. The molecule has 0 spiro atoms. The van der Waals surface area contributed by atoms with Crippen molar-refractivity contribution >= 4 is 11.8 Å². The second-order valence-corrected chi connectivity index (χ2v) is 4.87. The van der Waals surface area contributed by atoms with Crippen molar-refractivity contribution in [2.45, 2.75) is 6.42 Å². The maximum absolute atomic E-state index is 12.2. The van der Waals surface area contributed by atoms with Gasteiger partial charge in [0.25, 0.3) is 11.8 Å². The van der Waals surface area contributed by atoms with Gasteiger partial charge in [-0.1, -0.05) is 24.3 Å². The van der Waals surface area contributed by atoms with Gasteiger partial charge in [-0.3, -0.25) is 14.5 Å². The second kappa shape index (κ2) is 5.22. The van der Waals surface area contributed by atoms with E-state index in [9.17, 15) is 9.59 Å². The molecule has 21 heavy (non-hydrogen) atoms. The quantitative estimate of drug-likeness (QED) is 0.809. The van der Waals surface area contributed by atoms with Crippen molar-refractivity contribution in [2.24, 2.45) is 0 Å². The van der Waals surface area contributed by atoms with Crippen LogP contribution in [0, 0.1) is 11.3 Å². The molecule has 1 aliphatic heterocycles. The summed E-state index contributed by atoms with van der Waals surface area (Å²) in [5, 5.41) is 8.75. The summed E-state index contributed by atoms with van der Waals surface area (Å²) >= 11 is 0. The zero-order valence-corrected chi connectivity index (χ0v) is 11.2. The molecule has 0 radical (unpaired) electrons. The predicted octanol–water partition coefficient (Wildman–Crippen LogP) is 2.40. The lowest BCUT2D eigenvalue weighted by atomic mass is 10.1. The van der Waals surface area contributed by atoms with Crippen LogP contribution < -0.4 is 0 Å². The average molecular weight is 276 g/mol. The van der Waals surface area contributed by atoms with E-state index in [4.69, 9.17) is 5.26 Å². The molecule has 102 valence electrons. The van der Waals surface area contributed by atoms with Gasteiger partial charge in [-0.2, -0.15) is 5.26 Å². The molecule has 4 heteroatoms. The van der Waals surface area contributed by atoms with Gasteiger partial charge in [0, 0.05) is 6.54 Å². The number of hydrogen-bond donors (Lipinski definition) is 0. The number of imide groups is 1. The minimum Gasteiger partial charge on any atom is -0.274 e. The molecule has 0 aromatic heterocycles. The monoisotopic (exact) mass is 276 g/mol. The van der Waals surface area contributed by atoms with E-state index in [1.807, 2.05) is 12.1 Å². The fourth-order valence-electron chi connectivity index (χ4n) is 2.43. The molecule has 2 amide bonds. The van der Waals surface area contributed by atoms with Crippen LogP contribution in [0.1, 0.15) is 31.8 Å². The van der Waals surface area contributed by atoms with Crippen LogP contribution in [-0.4, -0.2) is 23.3 Å². The van der Waals surface area contributed by atoms with Crippen LogP contribution in [0.2, 0.25) is 0 Å². The number of carbonyl (C=O) groups excluding carboxylic acids is 2. The van der Waals surface area contributed by atoms with Crippen LogP contribution >= 0.6 is 0 Å². The summed E-state index contributed by atoms with van der Waals surface area (Å²) in [5.74, 6) is -0.464. The maximum Gasteiger partial charge on any atom is 0.261 e. The summed E-state index contributed by atoms with van der Waals surface area (Å²) in [6.07, 6.45) is 0.581. The van der Waals surface area contributed by atoms with Crippen LogP contribution in [0.25, 0.3) is 0 Å². The van der Waals surface area contributed by atoms with Gasteiger partial charge in [0.2, 0.25) is 0 Å². The van der Waals surface area contributed by atoms with Crippen molar-refractivity contribution < 1.29 is 9.59 Å². The third-order valence-corrected chi connectivity index (χ3v) is 3.59. The average Bonchev–Trinajstić information content (AvgIpc) is 2.78. The highest BCUT2D eigenvalue weighted by Gasteiger charge is 2.34. The van der Waals surface area contributed by atoms with Crippen molar-refractivity contribution in [3.8, 4) is 6.07 Å². The van der Waals surface area contributed by atoms with E-state index in [1.54, 1.807) is 36.4 Å². The zero-order valence-electron chi connectivity index (χ0n) is 11.2. The Balaban J connectivity index is 1.73. The highest BCUT2D eigenvalue weighted by molar-refractivity contribution is 6.21. The molecule has 4 nitrogen and oxygen atoms in total. The van der Waals surface area contributed by atoms with Gasteiger partial charge in [0.1, 0.15) is 0 Å². The Bertz CT molecular complexity index is 722. The van der Waals surface area contributed by atoms with Gasteiger partial charge < -0.3 is 0 Å². The van der Waals surface area contributed by atoms with Gasteiger partial charge in [0.15, 0.2) is 0 Å². The molecular weight excluding hydrogens is 264 g/mol. The van der Waals surface area contributed by atoms with E-state index in [2.05, 4.69) is 6.07 Å². The molecule has 0 unspecified atom stereocenters. The Morgan fingerprint density at radius 2 is 1.48 bits per heavy atom. The number of benzene rings is 2. The number of hydrogen-bond acceptors (Lipinski definition) is 3. The molecule has 2 aromatic rings. The molecule has 0 atom stereocenters. The molecule has 3 rings (SSSR count). The van der Waals surface area contributed by atoms with E-state index in [1.165, 1.54) is 4.90 Å². The van der Waals surface area contributed by atoms with Crippen LogP contribution in [0.5, 0.6) is 0 Å². The Hall–Kier alpha value is -2.93. The minimum absolute atomic E-state index is 0.232. The summed E-state index contributed by atoms with van der Waals surface area (Å²) in [5.41, 5.74) is 2.54. The normalized spacial score (nSPS) is 13.2. The highest BCUT2D eigenvalue weighted by atomic mass is 16.2. The number of amides is 2. The smallest absolute Gasteiger partial charge is 0.261 e. The van der Waals surface area contributed by atoms with Crippen molar-refractivity contribution in [3.63, 3.8) is 0 Å². The van der Waals surface area contributed by atoms with Gasteiger partial charge in [0.05, 0.1) is 22.8 Å². The minimum atomic E-state index is -0.232. The van der Waals surface area contributed by atoms with Crippen LogP contribution in [0.15, 0.2) is 48.5 Å². The third-order valence-electron chi connectivity index (χ3n) is 3.59. The number of rotatable bonds is 3. The van der Waals surface area contributed by atoms with E-state index in [-0.39, 0.29) is 11.8 Å². The summed E-state index contributed by atoms with van der Waals surface area (Å²) in [6, 6.07) is 16.1. The SMILES string of the molecule is N#Cc1ccc(CCN2C(=O)c3ccccc3C2=O)cc1. The van der Waals surface area contributed by atoms with E-state index < -0.39 is 0 Å². The maximum atomic E-state index is 12.2. The Kier molecular flexibility index (Phi) is 3.25. The van der Waals surface area contributed by atoms with E-state index >= 15 is 0 Å². The summed E-state index contributed by atoms with van der Waals surface area (Å²) in [7, 11) is 0. The molecular formula is C17H12N2O2.